The highest BCUT2D eigenvalue weighted by atomic mass is 14.9. The van der Waals surface area contributed by atoms with E-state index in [0.717, 1.165) is 23.3 Å². The number of hydrogen-bond donors (Lipinski definition) is 2. The number of hydrogen-bond acceptors (Lipinski definition) is 2. The number of benzene rings is 2. The van der Waals surface area contributed by atoms with E-state index in [0.29, 0.717) is 5.92 Å². The first-order chi connectivity index (χ1) is 9.74. The molecule has 102 valence electrons. The van der Waals surface area contributed by atoms with Crippen molar-refractivity contribution in [2.75, 3.05) is 11.9 Å². The normalized spacial score (nSPS) is 11.2. The molecule has 2 N–H and O–H groups in total. The van der Waals surface area contributed by atoms with Crippen molar-refractivity contribution in [1.29, 1.82) is 0 Å². The molecule has 0 amide bonds. The maximum absolute atomic E-state index is 4.41. The highest BCUT2D eigenvalue weighted by Gasteiger charge is 2.08. The topological polar surface area (TPSA) is 40.7 Å². The highest BCUT2D eigenvalue weighted by Crippen LogP contribution is 2.29. The lowest BCUT2D eigenvalue weighted by atomic mass is 10.0. The molecule has 3 aromatic rings. The number of aromatic nitrogens is 2. The van der Waals surface area contributed by atoms with Crippen LogP contribution in [0, 0.1) is 5.92 Å². The van der Waals surface area contributed by atoms with Gasteiger partial charge in [-0.15, -0.1) is 0 Å². The number of anilines is 1. The minimum Gasteiger partial charge on any atom is -0.383 e. The summed E-state index contributed by atoms with van der Waals surface area (Å²) in [5, 5.41) is 3.50. The molecule has 0 unspecified atom stereocenters. The van der Waals surface area contributed by atoms with Gasteiger partial charge in [-0.1, -0.05) is 44.2 Å². The summed E-state index contributed by atoms with van der Waals surface area (Å²) in [7, 11) is 0. The van der Waals surface area contributed by atoms with Crippen LogP contribution in [0.1, 0.15) is 13.8 Å². The number of imidazole rings is 1. The van der Waals surface area contributed by atoms with Gasteiger partial charge in [0.15, 0.2) is 0 Å². The van der Waals surface area contributed by atoms with Gasteiger partial charge in [0.2, 0.25) is 0 Å². The van der Waals surface area contributed by atoms with Crippen molar-refractivity contribution < 1.29 is 0 Å². The van der Waals surface area contributed by atoms with Gasteiger partial charge in [-0.3, -0.25) is 0 Å². The van der Waals surface area contributed by atoms with Gasteiger partial charge in [-0.2, -0.15) is 0 Å². The van der Waals surface area contributed by atoms with Crippen LogP contribution in [0.15, 0.2) is 48.8 Å². The minimum absolute atomic E-state index is 0.601. The summed E-state index contributed by atoms with van der Waals surface area (Å²) >= 11 is 0. The zero-order valence-electron chi connectivity index (χ0n) is 11.9. The lowest BCUT2D eigenvalue weighted by Gasteiger charge is -2.11. The van der Waals surface area contributed by atoms with Gasteiger partial charge in [0, 0.05) is 6.54 Å². The summed E-state index contributed by atoms with van der Waals surface area (Å²) in [6.07, 6.45) is 1.75. The molecule has 0 aliphatic heterocycles. The van der Waals surface area contributed by atoms with Crippen molar-refractivity contribution in [2.45, 2.75) is 13.8 Å². The van der Waals surface area contributed by atoms with Crippen molar-refractivity contribution in [1.82, 2.24) is 9.97 Å². The molecule has 3 rings (SSSR count). The second-order valence-corrected chi connectivity index (χ2v) is 5.46. The molecule has 3 heteroatoms. The van der Waals surface area contributed by atoms with Crippen LogP contribution in [0.4, 0.5) is 5.69 Å². The van der Waals surface area contributed by atoms with Gasteiger partial charge in [0.1, 0.15) is 5.52 Å². The van der Waals surface area contributed by atoms with Crippen molar-refractivity contribution in [3.05, 3.63) is 48.8 Å². The SMILES string of the molecule is CC(C)CNc1cc(-c2ccccc2)cc2[nH]cnc12. The molecule has 0 atom stereocenters. The molecular formula is C17H19N3. The van der Waals surface area contributed by atoms with Crippen LogP contribution in [-0.2, 0) is 0 Å². The number of rotatable bonds is 4. The molecule has 2 aromatic carbocycles. The van der Waals surface area contributed by atoms with E-state index in [1.807, 2.05) is 6.07 Å². The van der Waals surface area contributed by atoms with Crippen molar-refractivity contribution >= 4 is 16.7 Å². The van der Waals surface area contributed by atoms with Crippen LogP contribution >= 0.6 is 0 Å². The molecule has 0 spiro atoms. The summed E-state index contributed by atoms with van der Waals surface area (Å²) in [5.74, 6) is 0.601. The van der Waals surface area contributed by atoms with Gasteiger partial charge in [0.25, 0.3) is 0 Å². The molecule has 0 fully saturated rings. The van der Waals surface area contributed by atoms with Crippen molar-refractivity contribution in [2.24, 2.45) is 5.92 Å². The first-order valence-corrected chi connectivity index (χ1v) is 7.00. The molecule has 0 saturated carbocycles. The van der Waals surface area contributed by atoms with Crippen LogP contribution in [0.5, 0.6) is 0 Å². The summed E-state index contributed by atoms with van der Waals surface area (Å²) in [6, 6.07) is 14.8. The Kier molecular flexibility index (Phi) is 3.42. The second kappa shape index (κ2) is 5.37. The molecule has 0 aliphatic rings. The predicted molar refractivity (Wildman–Crippen MR) is 84.9 cm³/mol. The maximum atomic E-state index is 4.41. The van der Waals surface area contributed by atoms with E-state index in [9.17, 15) is 0 Å². The average molecular weight is 265 g/mol. The summed E-state index contributed by atoms with van der Waals surface area (Å²) < 4.78 is 0. The van der Waals surface area contributed by atoms with E-state index in [-0.39, 0.29) is 0 Å². The Morgan fingerprint density at radius 2 is 1.90 bits per heavy atom. The monoisotopic (exact) mass is 265 g/mol. The molecule has 0 saturated heterocycles. The Balaban J connectivity index is 2.06. The average Bonchev–Trinajstić information content (AvgIpc) is 2.94. The first kappa shape index (κ1) is 12.7. The third-order valence-corrected chi connectivity index (χ3v) is 3.33. The van der Waals surface area contributed by atoms with Crippen molar-refractivity contribution in [3.8, 4) is 11.1 Å². The molecule has 20 heavy (non-hydrogen) atoms. The molecule has 0 radical (unpaired) electrons. The summed E-state index contributed by atoms with van der Waals surface area (Å²) in [4.78, 5) is 7.62. The Morgan fingerprint density at radius 1 is 1.10 bits per heavy atom. The molecule has 0 bridgehead atoms. The van der Waals surface area contributed by atoms with E-state index in [1.54, 1.807) is 6.33 Å². The third kappa shape index (κ3) is 2.52. The summed E-state index contributed by atoms with van der Waals surface area (Å²) in [6.45, 7) is 5.35. The second-order valence-electron chi connectivity index (χ2n) is 5.46. The lowest BCUT2D eigenvalue weighted by Crippen LogP contribution is -2.08. The number of fused-ring (bicyclic) bond motifs is 1. The van der Waals surface area contributed by atoms with Gasteiger partial charge in [-0.25, -0.2) is 4.98 Å². The standard InChI is InChI=1S/C17H19N3/c1-12(2)10-18-15-8-14(13-6-4-3-5-7-13)9-16-17(15)20-11-19-16/h3-9,11-12,18H,10H2,1-2H3,(H,19,20). The van der Waals surface area contributed by atoms with Crippen molar-refractivity contribution in [3.63, 3.8) is 0 Å². The number of nitrogens with one attached hydrogen (secondary N) is 2. The fraction of sp³-hybridized carbons (Fsp3) is 0.235. The van der Waals surface area contributed by atoms with Gasteiger partial charge in [0.05, 0.1) is 17.5 Å². The quantitative estimate of drug-likeness (QED) is 0.738. The molecule has 1 heterocycles. The minimum atomic E-state index is 0.601. The number of aromatic amines is 1. The smallest absolute Gasteiger partial charge is 0.111 e. The molecule has 0 aliphatic carbocycles. The Hall–Kier alpha value is -2.29. The van der Waals surface area contributed by atoms with Gasteiger partial charge in [-0.05, 0) is 29.2 Å². The number of nitrogens with zero attached hydrogens (tertiary/aromatic N) is 1. The molecular weight excluding hydrogens is 246 g/mol. The van der Waals surface area contributed by atoms with Crippen LogP contribution < -0.4 is 5.32 Å². The largest absolute Gasteiger partial charge is 0.383 e. The van der Waals surface area contributed by atoms with Crippen LogP contribution in [0.3, 0.4) is 0 Å². The van der Waals surface area contributed by atoms with Gasteiger partial charge >= 0.3 is 0 Å². The van der Waals surface area contributed by atoms with Crippen LogP contribution in [0.2, 0.25) is 0 Å². The van der Waals surface area contributed by atoms with E-state index in [1.165, 1.54) is 11.1 Å². The van der Waals surface area contributed by atoms with Crippen LogP contribution in [0.25, 0.3) is 22.2 Å². The number of H-pyrrole nitrogens is 1. The van der Waals surface area contributed by atoms with E-state index >= 15 is 0 Å². The van der Waals surface area contributed by atoms with E-state index < -0.39 is 0 Å². The third-order valence-electron chi connectivity index (χ3n) is 3.33. The van der Waals surface area contributed by atoms with E-state index in [2.05, 4.69) is 65.5 Å². The Labute approximate surface area is 119 Å². The summed E-state index contributed by atoms with van der Waals surface area (Å²) in [5.41, 5.74) is 5.59. The molecule has 3 nitrogen and oxygen atoms in total. The fourth-order valence-electron chi connectivity index (χ4n) is 2.30. The lowest BCUT2D eigenvalue weighted by molar-refractivity contribution is 0.689. The van der Waals surface area contributed by atoms with E-state index in [4.69, 9.17) is 0 Å². The highest BCUT2D eigenvalue weighted by molar-refractivity contribution is 5.92. The zero-order chi connectivity index (χ0) is 13.9. The predicted octanol–water partition coefficient (Wildman–Crippen LogP) is 4.30. The Morgan fingerprint density at radius 3 is 2.65 bits per heavy atom. The van der Waals surface area contributed by atoms with Gasteiger partial charge < -0.3 is 10.3 Å². The Bertz CT molecular complexity index is 699. The zero-order valence-corrected chi connectivity index (χ0v) is 11.9. The maximum Gasteiger partial charge on any atom is 0.111 e. The van der Waals surface area contributed by atoms with Crippen LogP contribution in [-0.4, -0.2) is 16.5 Å². The first-order valence-electron chi connectivity index (χ1n) is 7.00. The molecule has 1 aromatic heterocycles. The fourth-order valence-corrected chi connectivity index (χ4v) is 2.30.